The van der Waals surface area contributed by atoms with Gasteiger partial charge in [-0.15, -0.1) is 10.2 Å². The van der Waals surface area contributed by atoms with Gasteiger partial charge in [0, 0.05) is 46.2 Å². The molecule has 13 heteroatoms. The molecule has 0 aromatic rings. The third-order valence-electron chi connectivity index (χ3n) is 3.67. The second-order valence-corrected chi connectivity index (χ2v) is 6.92. The Morgan fingerprint density at radius 2 is 0.786 bits per heavy atom. The predicted octanol–water partition coefficient (Wildman–Crippen LogP) is -6.49. The molecule has 0 bridgehead atoms. The first-order valence-electron chi connectivity index (χ1n) is 8.33. The summed E-state index contributed by atoms with van der Waals surface area (Å²) >= 11 is 0. The standard InChI is InChI=1S/C13H30N4.C2H3N.ClHO4.Co.O2/c1-14-6-5-7-15(2)9-11-17(4)13-12-16(3)10-8-14;1-2-3;2-1(3,4)5;;1-2/h5-13H2,1-4H3;1H3;(H,2,3,4,5);;/q;;;+3;-2/p-1. The molecule has 1 fully saturated rings. The van der Waals surface area contributed by atoms with Gasteiger partial charge in [-0.05, 0) is 47.7 Å². The van der Waals surface area contributed by atoms with Gasteiger partial charge >= 0.3 is 16.8 Å². The average Bonchev–Trinajstić information content (AvgIpc) is 2.57. The number of rotatable bonds is 0. The summed E-state index contributed by atoms with van der Waals surface area (Å²) in [5, 5.41) is 21.3. The molecule has 0 radical (unpaired) electrons. The Hall–Kier alpha value is -0.114. The molecule has 170 valence electrons. The maximum atomic E-state index is 8.49. The Kier molecular flexibility index (Phi) is 29.2. The van der Waals surface area contributed by atoms with Crippen LogP contribution < -0.4 is 29.2 Å². The molecule has 1 aliphatic rings. The van der Waals surface area contributed by atoms with Gasteiger partial charge in [0.05, 0.1) is 6.07 Å². The van der Waals surface area contributed by atoms with E-state index in [0.29, 0.717) is 0 Å². The van der Waals surface area contributed by atoms with Crippen molar-refractivity contribution < 1.29 is 56.2 Å². The van der Waals surface area contributed by atoms with Gasteiger partial charge in [-0.25, -0.2) is 18.6 Å². The second-order valence-electron chi connectivity index (χ2n) is 6.17. The summed E-state index contributed by atoms with van der Waals surface area (Å²) < 4.78 is 34.0. The van der Waals surface area contributed by atoms with Crippen LogP contribution in [0, 0.1) is 21.6 Å². The van der Waals surface area contributed by atoms with E-state index in [-0.39, 0.29) is 16.8 Å². The summed E-state index contributed by atoms with van der Waals surface area (Å²) in [6, 6.07) is 1.75. The summed E-state index contributed by atoms with van der Waals surface area (Å²) in [7, 11) is 3.99. The van der Waals surface area contributed by atoms with E-state index in [1.807, 2.05) is 0 Å². The summed E-state index contributed by atoms with van der Waals surface area (Å²) in [6.45, 7) is 10.9. The van der Waals surface area contributed by atoms with Crippen molar-refractivity contribution in [3.05, 3.63) is 0 Å². The quantitative estimate of drug-likeness (QED) is 0.241. The molecule has 1 heterocycles. The van der Waals surface area contributed by atoms with Crippen LogP contribution in [0.25, 0.3) is 0 Å². The topological polar surface area (TPSA) is 175 Å². The van der Waals surface area contributed by atoms with Crippen molar-refractivity contribution in [2.75, 3.05) is 80.5 Å². The number of hydrogen-bond donors (Lipinski definition) is 0. The van der Waals surface area contributed by atoms with E-state index in [2.05, 4.69) is 47.8 Å². The van der Waals surface area contributed by atoms with Crippen molar-refractivity contribution in [2.24, 2.45) is 0 Å². The van der Waals surface area contributed by atoms with Gasteiger partial charge in [0.2, 0.25) is 0 Å². The molecule has 0 saturated carbocycles. The Morgan fingerprint density at radius 1 is 0.643 bits per heavy atom. The van der Waals surface area contributed by atoms with E-state index >= 15 is 0 Å². The molecular weight excluding hydrogens is 441 g/mol. The maximum Gasteiger partial charge on any atom is 3.00 e. The van der Waals surface area contributed by atoms with Gasteiger partial charge in [-0.1, -0.05) is 0 Å². The molecule has 0 amide bonds. The molecular formula is C15H33ClCoN5O6. The first-order chi connectivity index (χ1) is 12.5. The van der Waals surface area contributed by atoms with E-state index in [1.54, 1.807) is 6.07 Å². The van der Waals surface area contributed by atoms with Crippen LogP contribution in [-0.4, -0.2) is 100 Å². The Balaban J connectivity index is -0.000000221. The first kappa shape index (κ1) is 35.3. The molecule has 11 nitrogen and oxygen atoms in total. The molecule has 0 atom stereocenters. The maximum absolute atomic E-state index is 8.49. The average molecular weight is 474 g/mol. The summed E-state index contributed by atoms with van der Waals surface area (Å²) in [5.74, 6) is 0. The molecule has 0 spiro atoms. The van der Waals surface area contributed by atoms with Crippen molar-refractivity contribution in [3.63, 3.8) is 0 Å². The van der Waals surface area contributed by atoms with E-state index in [0.717, 1.165) is 0 Å². The second kappa shape index (κ2) is 23.2. The first-order valence-corrected chi connectivity index (χ1v) is 9.56. The minimum Gasteiger partial charge on any atom is -1.00 e. The van der Waals surface area contributed by atoms with Gasteiger partial charge in [0.15, 0.2) is 0 Å². The van der Waals surface area contributed by atoms with Crippen LogP contribution in [0.3, 0.4) is 0 Å². The number of hydrogen-bond acceptors (Lipinski definition) is 11. The minimum atomic E-state index is -4.94. The van der Waals surface area contributed by atoms with Gasteiger partial charge in [0.25, 0.3) is 0 Å². The Morgan fingerprint density at radius 3 is 0.964 bits per heavy atom. The summed E-state index contributed by atoms with van der Waals surface area (Å²) in [5.41, 5.74) is 0. The van der Waals surface area contributed by atoms with Gasteiger partial charge in [0.1, 0.15) is 0 Å². The fraction of sp³-hybridized carbons (Fsp3) is 0.933. The molecule has 1 aliphatic heterocycles. The Labute approximate surface area is 181 Å². The number of halogens is 1. The molecule has 28 heavy (non-hydrogen) atoms. The zero-order valence-electron chi connectivity index (χ0n) is 17.3. The molecule has 0 aromatic carbocycles. The largest absolute Gasteiger partial charge is 3.00 e. The number of likely N-dealkylation sites (N-methyl/N-ethyl adjacent to an activating group) is 4. The fourth-order valence-electron chi connectivity index (χ4n) is 2.08. The van der Waals surface area contributed by atoms with Crippen molar-refractivity contribution in [1.82, 2.24) is 19.6 Å². The third kappa shape index (κ3) is 36.8. The van der Waals surface area contributed by atoms with Gasteiger partial charge in [-0.3, -0.25) is 0 Å². The number of nitrogens with zero attached hydrogens (tertiary/aromatic N) is 5. The van der Waals surface area contributed by atoms with Crippen molar-refractivity contribution in [3.8, 4) is 6.07 Å². The molecule has 1 saturated heterocycles. The van der Waals surface area contributed by atoms with Crippen molar-refractivity contribution >= 4 is 0 Å². The van der Waals surface area contributed by atoms with Crippen molar-refractivity contribution in [2.45, 2.75) is 13.3 Å². The fourth-order valence-corrected chi connectivity index (χ4v) is 2.08. The van der Waals surface area contributed by atoms with Crippen LogP contribution in [0.1, 0.15) is 13.3 Å². The van der Waals surface area contributed by atoms with E-state index in [1.165, 1.54) is 65.7 Å². The smallest absolute Gasteiger partial charge is 1.00 e. The number of nitriles is 1. The molecule has 0 aromatic heterocycles. The van der Waals surface area contributed by atoms with Crippen molar-refractivity contribution in [1.29, 1.82) is 5.26 Å². The molecule has 0 N–H and O–H groups in total. The summed E-state index contributed by atoms with van der Waals surface area (Å²) in [6.07, 6.45) is 1.28. The summed E-state index contributed by atoms with van der Waals surface area (Å²) in [4.78, 5) is 9.78. The normalized spacial score (nSPS) is 18.5. The van der Waals surface area contributed by atoms with E-state index in [9.17, 15) is 0 Å². The SMILES string of the molecule is CC#N.CN1CCCN(C)CCN(C)CCN(C)CC1.[Co+3].[O-][Cl+3]([O-])([O-])[O-].[O-][O-]. The van der Waals surface area contributed by atoms with Crippen LogP contribution in [-0.2, 0) is 16.8 Å². The molecule has 0 unspecified atom stereocenters. The van der Waals surface area contributed by atoms with Crippen LogP contribution in [0.5, 0.6) is 0 Å². The van der Waals surface area contributed by atoms with Crippen LogP contribution in [0.15, 0.2) is 0 Å². The van der Waals surface area contributed by atoms with Crippen LogP contribution >= 0.6 is 0 Å². The van der Waals surface area contributed by atoms with Crippen LogP contribution in [0.4, 0.5) is 0 Å². The predicted molar refractivity (Wildman–Crippen MR) is 85.9 cm³/mol. The Bertz CT molecular complexity index is 337. The van der Waals surface area contributed by atoms with Crippen LogP contribution in [0.2, 0.25) is 0 Å². The van der Waals surface area contributed by atoms with E-state index < -0.39 is 10.2 Å². The zero-order valence-corrected chi connectivity index (χ0v) is 19.1. The zero-order chi connectivity index (χ0) is 21.9. The monoisotopic (exact) mass is 473 g/mol. The minimum absolute atomic E-state index is 0. The molecule has 1 rings (SSSR count). The third-order valence-corrected chi connectivity index (χ3v) is 3.67. The molecule has 0 aliphatic carbocycles. The van der Waals surface area contributed by atoms with Gasteiger partial charge in [-0.2, -0.15) is 5.26 Å². The van der Waals surface area contributed by atoms with Gasteiger partial charge < -0.3 is 30.1 Å². The van der Waals surface area contributed by atoms with E-state index in [4.69, 9.17) is 34.4 Å².